The van der Waals surface area contributed by atoms with Gasteiger partial charge in [0.05, 0.1) is 5.92 Å². The van der Waals surface area contributed by atoms with Gasteiger partial charge in [0.1, 0.15) is 0 Å². The van der Waals surface area contributed by atoms with E-state index in [1.54, 1.807) is 4.90 Å². The van der Waals surface area contributed by atoms with Crippen LogP contribution in [0.15, 0.2) is 0 Å². The fraction of sp³-hybridized carbons (Fsp3) is 0.818. The number of amides is 1. The van der Waals surface area contributed by atoms with Crippen LogP contribution in [-0.4, -0.2) is 34.5 Å². The number of piperidine rings is 1. The molecule has 1 amide bonds. The predicted octanol–water partition coefficient (Wildman–Crippen LogP) is 1.11. The average Bonchev–Trinajstić information content (AvgIpc) is 3.00. The van der Waals surface area contributed by atoms with Gasteiger partial charge in [-0.15, -0.1) is 0 Å². The van der Waals surface area contributed by atoms with E-state index in [1.165, 1.54) is 0 Å². The molecule has 0 aromatic carbocycles. The Balaban J connectivity index is 2.01. The lowest BCUT2D eigenvalue weighted by Gasteiger charge is -2.36. The Hall–Kier alpha value is -1.06. The van der Waals surface area contributed by atoms with E-state index >= 15 is 0 Å². The van der Waals surface area contributed by atoms with Gasteiger partial charge in [-0.05, 0) is 32.6 Å². The van der Waals surface area contributed by atoms with Crippen molar-refractivity contribution in [3.05, 3.63) is 0 Å². The first-order valence-electron chi connectivity index (χ1n) is 5.63. The summed E-state index contributed by atoms with van der Waals surface area (Å²) in [6.45, 7) is 2.42. The normalized spacial score (nSPS) is 31.4. The fourth-order valence-corrected chi connectivity index (χ4v) is 2.18. The third-order valence-electron chi connectivity index (χ3n) is 3.44. The summed E-state index contributed by atoms with van der Waals surface area (Å²) in [5.74, 6) is -0.757. The summed E-state index contributed by atoms with van der Waals surface area (Å²) in [6, 6.07) is 0.216. The highest BCUT2D eigenvalue weighted by molar-refractivity contribution is 5.82. The molecular formula is C11H17NO3. The number of aliphatic carboxylic acids is 1. The summed E-state index contributed by atoms with van der Waals surface area (Å²) < 4.78 is 0. The first-order valence-corrected chi connectivity index (χ1v) is 5.63. The molecule has 84 valence electrons. The van der Waals surface area contributed by atoms with E-state index in [4.69, 9.17) is 5.11 Å². The predicted molar refractivity (Wildman–Crippen MR) is 54.3 cm³/mol. The highest BCUT2D eigenvalue weighted by Gasteiger charge is 2.39. The molecule has 1 N–H and O–H groups in total. The molecule has 1 saturated carbocycles. The van der Waals surface area contributed by atoms with Gasteiger partial charge in [-0.2, -0.15) is 0 Å². The molecule has 2 unspecified atom stereocenters. The van der Waals surface area contributed by atoms with Crippen molar-refractivity contribution in [3.8, 4) is 0 Å². The molecule has 15 heavy (non-hydrogen) atoms. The molecule has 0 bridgehead atoms. The van der Waals surface area contributed by atoms with Crippen molar-refractivity contribution >= 4 is 11.9 Å². The zero-order chi connectivity index (χ0) is 11.0. The summed E-state index contributed by atoms with van der Waals surface area (Å²) in [5.41, 5.74) is 0. The average molecular weight is 211 g/mol. The third kappa shape index (κ3) is 2.13. The first-order chi connectivity index (χ1) is 7.09. The van der Waals surface area contributed by atoms with Crippen LogP contribution in [0.5, 0.6) is 0 Å². The second-order valence-electron chi connectivity index (χ2n) is 4.73. The molecule has 2 fully saturated rings. The summed E-state index contributed by atoms with van der Waals surface area (Å²) in [6.07, 6.45) is 3.49. The Morgan fingerprint density at radius 2 is 1.73 bits per heavy atom. The van der Waals surface area contributed by atoms with Crippen molar-refractivity contribution in [3.63, 3.8) is 0 Å². The Morgan fingerprint density at radius 1 is 1.13 bits per heavy atom. The number of carbonyl (C=O) groups is 2. The lowest BCUT2D eigenvalue weighted by atomic mass is 9.93. The van der Waals surface area contributed by atoms with Gasteiger partial charge in [-0.1, -0.05) is 0 Å². The molecule has 0 aromatic heterocycles. The fourth-order valence-electron chi connectivity index (χ4n) is 2.18. The maximum absolute atomic E-state index is 11.9. The van der Waals surface area contributed by atoms with Crippen LogP contribution >= 0.6 is 0 Å². The zero-order valence-corrected chi connectivity index (χ0v) is 8.98. The van der Waals surface area contributed by atoms with E-state index in [0.717, 1.165) is 19.3 Å². The van der Waals surface area contributed by atoms with E-state index in [9.17, 15) is 9.59 Å². The van der Waals surface area contributed by atoms with E-state index in [-0.39, 0.29) is 23.8 Å². The van der Waals surface area contributed by atoms with E-state index < -0.39 is 5.97 Å². The van der Waals surface area contributed by atoms with Gasteiger partial charge < -0.3 is 10.0 Å². The van der Waals surface area contributed by atoms with E-state index in [1.807, 2.05) is 6.92 Å². The standard InChI is InChI=1S/C11H17NO3/c1-7-2-3-9(11(14)15)6-12(7)10(13)8-4-5-8/h7-9H,2-6H2,1H3,(H,14,15). The summed E-state index contributed by atoms with van der Waals surface area (Å²) in [4.78, 5) is 24.5. The zero-order valence-electron chi connectivity index (χ0n) is 8.98. The molecule has 0 radical (unpaired) electrons. The quantitative estimate of drug-likeness (QED) is 0.744. The summed E-state index contributed by atoms with van der Waals surface area (Å²) >= 11 is 0. The molecule has 2 atom stereocenters. The van der Waals surface area contributed by atoms with Crippen LogP contribution in [0, 0.1) is 11.8 Å². The second-order valence-corrected chi connectivity index (χ2v) is 4.73. The smallest absolute Gasteiger partial charge is 0.308 e. The molecule has 1 aliphatic carbocycles. The lowest BCUT2D eigenvalue weighted by molar-refractivity contribution is -0.147. The molecule has 0 spiro atoms. The summed E-state index contributed by atoms with van der Waals surface area (Å²) in [5, 5.41) is 8.94. The molecule has 1 heterocycles. The van der Waals surface area contributed by atoms with Crippen LogP contribution in [0.2, 0.25) is 0 Å². The summed E-state index contributed by atoms with van der Waals surface area (Å²) in [7, 11) is 0. The Bertz CT molecular complexity index is 286. The Kier molecular flexibility index (Phi) is 2.67. The molecule has 0 aromatic rings. The molecule has 2 aliphatic rings. The van der Waals surface area contributed by atoms with Crippen LogP contribution in [0.3, 0.4) is 0 Å². The number of carboxylic acid groups (broad SMARTS) is 1. The van der Waals surface area contributed by atoms with Crippen molar-refractivity contribution in [1.29, 1.82) is 0 Å². The second kappa shape index (κ2) is 3.83. The van der Waals surface area contributed by atoms with Gasteiger partial charge >= 0.3 is 5.97 Å². The van der Waals surface area contributed by atoms with Crippen LogP contribution < -0.4 is 0 Å². The number of carbonyl (C=O) groups excluding carboxylic acids is 1. The molecule has 2 rings (SSSR count). The SMILES string of the molecule is CC1CCC(C(=O)O)CN1C(=O)C1CC1. The minimum Gasteiger partial charge on any atom is -0.481 e. The largest absolute Gasteiger partial charge is 0.481 e. The minimum absolute atomic E-state index is 0.174. The molecular weight excluding hydrogens is 194 g/mol. The monoisotopic (exact) mass is 211 g/mol. The van der Waals surface area contributed by atoms with Gasteiger partial charge in [-0.25, -0.2) is 0 Å². The van der Waals surface area contributed by atoms with Crippen molar-refractivity contribution in [2.24, 2.45) is 11.8 Å². The highest BCUT2D eigenvalue weighted by Crippen LogP contribution is 2.34. The number of likely N-dealkylation sites (tertiary alicyclic amines) is 1. The number of hydrogen-bond donors (Lipinski definition) is 1. The van der Waals surface area contributed by atoms with Gasteiger partial charge in [0.2, 0.25) is 5.91 Å². The van der Waals surface area contributed by atoms with Crippen molar-refractivity contribution in [2.45, 2.75) is 38.6 Å². The van der Waals surface area contributed by atoms with E-state index in [0.29, 0.717) is 13.0 Å². The van der Waals surface area contributed by atoms with Crippen LogP contribution in [0.4, 0.5) is 0 Å². The molecule has 4 nitrogen and oxygen atoms in total. The van der Waals surface area contributed by atoms with Crippen LogP contribution in [-0.2, 0) is 9.59 Å². The maximum atomic E-state index is 11.9. The van der Waals surface area contributed by atoms with Crippen molar-refractivity contribution < 1.29 is 14.7 Å². The Morgan fingerprint density at radius 3 is 2.27 bits per heavy atom. The van der Waals surface area contributed by atoms with Crippen molar-refractivity contribution in [1.82, 2.24) is 4.90 Å². The van der Waals surface area contributed by atoms with Gasteiger partial charge in [0.25, 0.3) is 0 Å². The van der Waals surface area contributed by atoms with Crippen molar-refractivity contribution in [2.75, 3.05) is 6.54 Å². The van der Waals surface area contributed by atoms with E-state index in [2.05, 4.69) is 0 Å². The topological polar surface area (TPSA) is 57.6 Å². The number of rotatable bonds is 2. The van der Waals surface area contributed by atoms with Gasteiger partial charge in [0, 0.05) is 18.5 Å². The first kappa shape index (κ1) is 10.5. The number of nitrogens with zero attached hydrogens (tertiary/aromatic N) is 1. The minimum atomic E-state index is -0.768. The Labute approximate surface area is 89.3 Å². The van der Waals surface area contributed by atoms with Crippen LogP contribution in [0.1, 0.15) is 32.6 Å². The third-order valence-corrected chi connectivity index (χ3v) is 3.44. The molecule has 4 heteroatoms. The van der Waals surface area contributed by atoms with Crippen LogP contribution in [0.25, 0.3) is 0 Å². The molecule has 1 aliphatic heterocycles. The lowest BCUT2D eigenvalue weighted by Crippen LogP contribution is -2.47. The van der Waals surface area contributed by atoms with Gasteiger partial charge in [0.15, 0.2) is 0 Å². The number of hydrogen-bond acceptors (Lipinski definition) is 2. The maximum Gasteiger partial charge on any atom is 0.308 e. The van der Waals surface area contributed by atoms with Gasteiger partial charge in [-0.3, -0.25) is 9.59 Å². The highest BCUT2D eigenvalue weighted by atomic mass is 16.4. The number of carboxylic acids is 1. The molecule has 1 saturated heterocycles.